The van der Waals surface area contributed by atoms with Crippen molar-refractivity contribution in [2.75, 3.05) is 6.54 Å². The third-order valence-corrected chi connectivity index (χ3v) is 3.61. The molecule has 19 heavy (non-hydrogen) atoms. The van der Waals surface area contributed by atoms with E-state index >= 15 is 0 Å². The molecule has 1 saturated carbocycles. The molecule has 0 spiro atoms. The van der Waals surface area contributed by atoms with E-state index in [0.29, 0.717) is 36.9 Å². The Morgan fingerprint density at radius 1 is 1.53 bits per heavy atom. The average Bonchev–Trinajstić information content (AvgIpc) is 2.96. The summed E-state index contributed by atoms with van der Waals surface area (Å²) in [5, 5.41) is 3.20. The van der Waals surface area contributed by atoms with E-state index < -0.39 is 11.4 Å². The fourth-order valence-corrected chi connectivity index (χ4v) is 2.26. The molecule has 1 fully saturated rings. The molecule has 2 aromatic rings. The molecule has 1 aliphatic rings. The van der Waals surface area contributed by atoms with Gasteiger partial charge in [0.25, 0.3) is 0 Å². The van der Waals surface area contributed by atoms with E-state index in [4.69, 9.17) is 4.42 Å². The van der Waals surface area contributed by atoms with Crippen molar-refractivity contribution < 1.29 is 8.81 Å². The van der Waals surface area contributed by atoms with Crippen LogP contribution in [0.2, 0.25) is 0 Å². The van der Waals surface area contributed by atoms with Crippen LogP contribution in [0.3, 0.4) is 0 Å². The number of hydrogen-bond donors (Lipinski definition) is 2. The number of halogens is 1. The smallest absolute Gasteiger partial charge is 0.408 e. The number of oxazole rings is 1. The number of rotatable bonds is 5. The third kappa shape index (κ3) is 2.71. The molecule has 3 rings (SSSR count). The highest BCUT2D eigenvalue weighted by molar-refractivity contribution is 5.75. The molecule has 5 heteroatoms. The largest absolute Gasteiger partial charge is 0.417 e. The van der Waals surface area contributed by atoms with Gasteiger partial charge >= 0.3 is 5.76 Å². The maximum Gasteiger partial charge on any atom is 0.417 e. The van der Waals surface area contributed by atoms with E-state index in [0.717, 1.165) is 5.56 Å². The summed E-state index contributed by atoms with van der Waals surface area (Å²) in [5.74, 6) is -0.441. The van der Waals surface area contributed by atoms with E-state index in [1.165, 1.54) is 0 Å². The van der Waals surface area contributed by atoms with Crippen LogP contribution < -0.4 is 11.1 Å². The normalized spacial score (nSPS) is 18.6. The zero-order chi connectivity index (χ0) is 13.5. The molecule has 1 aromatic heterocycles. The van der Waals surface area contributed by atoms with Crippen LogP contribution in [0.25, 0.3) is 11.1 Å². The minimum absolute atomic E-state index is 0.138. The third-order valence-electron chi connectivity index (χ3n) is 3.61. The second-order valence-corrected chi connectivity index (χ2v) is 5.45. The molecule has 1 aromatic carbocycles. The maximum atomic E-state index is 13.5. The van der Waals surface area contributed by atoms with Crippen LogP contribution in [0.1, 0.15) is 25.3 Å². The molecular formula is C14H17FN2O2. The predicted molar refractivity (Wildman–Crippen MR) is 71.1 cm³/mol. The standard InChI is InChI=1S/C14H17FN2O2/c1-9(16-8-14(15)5-6-14)7-10-3-2-4-11-12(10)19-13(18)17-11/h2-4,9,16H,5-8H2,1H3,(H,17,18). The molecule has 2 N–H and O–H groups in total. The first-order valence-corrected chi connectivity index (χ1v) is 6.59. The summed E-state index contributed by atoms with van der Waals surface area (Å²) in [7, 11) is 0. The van der Waals surface area contributed by atoms with Gasteiger partial charge in [0, 0.05) is 12.6 Å². The highest BCUT2D eigenvalue weighted by atomic mass is 19.1. The quantitative estimate of drug-likeness (QED) is 0.870. The first-order chi connectivity index (χ1) is 9.06. The topological polar surface area (TPSA) is 58.0 Å². The van der Waals surface area contributed by atoms with E-state index in [2.05, 4.69) is 10.3 Å². The van der Waals surface area contributed by atoms with E-state index in [1.54, 1.807) is 0 Å². The molecule has 0 amide bonds. The summed E-state index contributed by atoms with van der Waals surface area (Å²) in [4.78, 5) is 13.8. The highest BCUT2D eigenvalue weighted by Gasteiger charge is 2.42. The molecule has 1 heterocycles. The first-order valence-electron chi connectivity index (χ1n) is 6.59. The molecule has 102 valence electrons. The van der Waals surface area contributed by atoms with Crippen molar-refractivity contribution in [3.63, 3.8) is 0 Å². The lowest BCUT2D eigenvalue weighted by atomic mass is 10.1. The van der Waals surface area contributed by atoms with Crippen molar-refractivity contribution in [3.05, 3.63) is 34.3 Å². The number of alkyl halides is 1. The van der Waals surface area contributed by atoms with Crippen LogP contribution in [0, 0.1) is 0 Å². The van der Waals surface area contributed by atoms with Crippen molar-refractivity contribution in [3.8, 4) is 0 Å². The van der Waals surface area contributed by atoms with Crippen molar-refractivity contribution in [1.82, 2.24) is 10.3 Å². The first kappa shape index (κ1) is 12.4. The van der Waals surface area contributed by atoms with Gasteiger partial charge in [-0.15, -0.1) is 0 Å². The zero-order valence-corrected chi connectivity index (χ0v) is 10.8. The number of hydrogen-bond acceptors (Lipinski definition) is 3. The van der Waals surface area contributed by atoms with Crippen molar-refractivity contribution >= 4 is 11.1 Å². The Bertz CT molecular complexity index is 642. The monoisotopic (exact) mass is 264 g/mol. The molecule has 1 atom stereocenters. The Balaban J connectivity index is 1.71. The number of H-pyrrole nitrogens is 1. The van der Waals surface area contributed by atoms with Gasteiger partial charge in [-0.1, -0.05) is 12.1 Å². The SMILES string of the molecule is CC(Cc1cccc2[nH]c(=O)oc12)NCC1(F)CC1. The second-order valence-electron chi connectivity index (χ2n) is 5.45. The summed E-state index contributed by atoms with van der Waals surface area (Å²) in [6, 6.07) is 5.76. The molecule has 1 unspecified atom stereocenters. The lowest BCUT2D eigenvalue weighted by molar-refractivity contribution is 0.285. The molecule has 4 nitrogen and oxygen atoms in total. The number of para-hydroxylation sites is 1. The number of benzene rings is 1. The summed E-state index contributed by atoms with van der Waals surface area (Å²) in [6.45, 7) is 2.41. The molecule has 0 saturated heterocycles. The molecule has 1 aliphatic carbocycles. The summed E-state index contributed by atoms with van der Waals surface area (Å²) < 4.78 is 18.7. The summed E-state index contributed by atoms with van der Waals surface area (Å²) >= 11 is 0. The number of aromatic nitrogens is 1. The van der Waals surface area contributed by atoms with Crippen LogP contribution in [0.5, 0.6) is 0 Å². The van der Waals surface area contributed by atoms with Crippen molar-refractivity contribution in [1.29, 1.82) is 0 Å². The van der Waals surface area contributed by atoms with Gasteiger partial charge in [0.05, 0.1) is 5.52 Å². The number of fused-ring (bicyclic) bond motifs is 1. The van der Waals surface area contributed by atoms with Gasteiger partial charge in [0.2, 0.25) is 0 Å². The number of nitrogens with one attached hydrogen (secondary N) is 2. The zero-order valence-electron chi connectivity index (χ0n) is 10.8. The van der Waals surface area contributed by atoms with E-state index in [1.807, 2.05) is 25.1 Å². The lowest BCUT2D eigenvalue weighted by Gasteiger charge is -2.15. The fourth-order valence-electron chi connectivity index (χ4n) is 2.26. The average molecular weight is 264 g/mol. The Labute approximate surface area is 110 Å². The van der Waals surface area contributed by atoms with Crippen LogP contribution in [0.4, 0.5) is 4.39 Å². The Morgan fingerprint density at radius 2 is 2.32 bits per heavy atom. The van der Waals surface area contributed by atoms with Gasteiger partial charge in [-0.05, 0) is 37.8 Å². The number of aromatic amines is 1. The van der Waals surface area contributed by atoms with Gasteiger partial charge < -0.3 is 9.73 Å². The highest BCUT2D eigenvalue weighted by Crippen LogP contribution is 2.38. The Kier molecular flexibility index (Phi) is 2.93. The molecule has 0 radical (unpaired) electrons. The Hall–Kier alpha value is -1.62. The summed E-state index contributed by atoms with van der Waals surface area (Å²) in [6.07, 6.45) is 2.03. The van der Waals surface area contributed by atoms with Crippen molar-refractivity contribution in [2.45, 2.75) is 37.9 Å². The molecule has 0 bridgehead atoms. The second kappa shape index (κ2) is 4.49. The molecule has 0 aliphatic heterocycles. The minimum Gasteiger partial charge on any atom is -0.408 e. The van der Waals surface area contributed by atoms with Gasteiger partial charge in [-0.2, -0.15) is 0 Å². The maximum absolute atomic E-state index is 13.5. The minimum atomic E-state index is -0.985. The van der Waals surface area contributed by atoms with Gasteiger partial charge in [0.15, 0.2) is 5.58 Å². The predicted octanol–water partition coefficient (Wildman–Crippen LogP) is 2.14. The summed E-state index contributed by atoms with van der Waals surface area (Å²) in [5.41, 5.74) is 1.28. The molecular weight excluding hydrogens is 247 g/mol. The van der Waals surface area contributed by atoms with Gasteiger partial charge in [-0.3, -0.25) is 4.98 Å². The van der Waals surface area contributed by atoms with Crippen LogP contribution in [-0.4, -0.2) is 23.2 Å². The fraction of sp³-hybridized carbons (Fsp3) is 0.500. The Morgan fingerprint density at radius 3 is 3.05 bits per heavy atom. The van der Waals surface area contributed by atoms with Crippen LogP contribution >= 0.6 is 0 Å². The van der Waals surface area contributed by atoms with E-state index in [-0.39, 0.29) is 6.04 Å². The van der Waals surface area contributed by atoms with E-state index in [9.17, 15) is 9.18 Å². The van der Waals surface area contributed by atoms with Crippen molar-refractivity contribution in [2.24, 2.45) is 0 Å². The lowest BCUT2D eigenvalue weighted by Crippen LogP contribution is -2.34. The van der Waals surface area contributed by atoms with Gasteiger partial charge in [0.1, 0.15) is 5.67 Å². The van der Waals surface area contributed by atoms with Gasteiger partial charge in [-0.25, -0.2) is 9.18 Å². The van der Waals surface area contributed by atoms with Crippen LogP contribution in [0.15, 0.2) is 27.4 Å². The van der Waals surface area contributed by atoms with Crippen LogP contribution in [-0.2, 0) is 6.42 Å².